The van der Waals surface area contributed by atoms with E-state index in [0.29, 0.717) is 15.7 Å². The Labute approximate surface area is 169 Å². The molecule has 0 spiro atoms. The summed E-state index contributed by atoms with van der Waals surface area (Å²) < 4.78 is 3.98. The lowest BCUT2D eigenvalue weighted by molar-refractivity contribution is -0.115. The monoisotopic (exact) mass is 406 g/mol. The Balaban J connectivity index is 2.21. The maximum atomic E-state index is 12.9. The smallest absolute Gasteiger partial charge is 0.295 e. The largest absolute Gasteiger partial charge is 0.358 e. The number of benzene rings is 1. The van der Waals surface area contributed by atoms with Gasteiger partial charge < -0.3 is 10.2 Å². The van der Waals surface area contributed by atoms with Crippen molar-refractivity contribution in [2.75, 3.05) is 18.4 Å². The molecule has 1 amide bonds. The molecular weight excluding hydrogens is 380 g/mol. The number of nitrogens with zero attached hydrogens (tertiary/aromatic N) is 3. The van der Waals surface area contributed by atoms with E-state index in [0.717, 1.165) is 18.8 Å². The number of amides is 1. The molecule has 0 saturated carbocycles. The quantitative estimate of drug-likeness (QED) is 0.747. The Bertz CT molecular complexity index is 870. The maximum Gasteiger partial charge on any atom is 0.295 e. The van der Waals surface area contributed by atoms with Crippen molar-refractivity contribution in [2.24, 2.45) is 7.05 Å². The lowest BCUT2D eigenvalue weighted by atomic mass is 10.3. The van der Waals surface area contributed by atoms with Gasteiger partial charge >= 0.3 is 0 Å². The summed E-state index contributed by atoms with van der Waals surface area (Å²) in [4.78, 5) is 27.5. The molecule has 2 rings (SSSR count). The van der Waals surface area contributed by atoms with Gasteiger partial charge in [-0.05, 0) is 39.8 Å². The first kappa shape index (κ1) is 21.2. The number of carbonyl (C=O) groups is 1. The van der Waals surface area contributed by atoms with Gasteiger partial charge in [-0.3, -0.25) is 14.3 Å². The number of hydrogen-bond acceptors (Lipinski definition) is 4. The van der Waals surface area contributed by atoms with Gasteiger partial charge in [-0.1, -0.05) is 42.2 Å². The summed E-state index contributed by atoms with van der Waals surface area (Å²) in [6, 6.07) is 9.34. The van der Waals surface area contributed by atoms with Gasteiger partial charge in [0.05, 0.1) is 16.6 Å². The van der Waals surface area contributed by atoms with E-state index in [4.69, 9.17) is 12.2 Å². The molecule has 0 radical (unpaired) electrons. The first-order chi connectivity index (χ1) is 12.8. The van der Waals surface area contributed by atoms with Crippen LogP contribution in [-0.2, 0) is 11.8 Å². The van der Waals surface area contributed by atoms with Crippen LogP contribution in [0.1, 0.15) is 26.5 Å². The number of rotatable bonds is 6. The Morgan fingerprint density at radius 2 is 1.85 bits per heavy atom. The first-order valence-electron chi connectivity index (χ1n) is 8.92. The first-order valence-corrected chi connectivity index (χ1v) is 10.2. The molecule has 0 unspecified atom stereocenters. The van der Waals surface area contributed by atoms with Crippen molar-refractivity contribution in [3.8, 4) is 5.69 Å². The number of para-hydroxylation sites is 1. The molecule has 2 aromatic rings. The predicted molar refractivity (Wildman–Crippen MR) is 117 cm³/mol. The number of carbonyl (C=O) groups excluding carboxylic acids is 1. The summed E-state index contributed by atoms with van der Waals surface area (Å²) in [6.07, 6.45) is 0. The van der Waals surface area contributed by atoms with Crippen molar-refractivity contribution < 1.29 is 4.79 Å². The fourth-order valence-corrected chi connectivity index (χ4v) is 4.27. The molecule has 1 aromatic carbocycles. The predicted octanol–water partition coefficient (Wildman–Crippen LogP) is 3.17. The van der Waals surface area contributed by atoms with Crippen molar-refractivity contribution in [1.29, 1.82) is 0 Å². The highest BCUT2D eigenvalue weighted by Gasteiger charge is 2.23. The zero-order valence-electron chi connectivity index (χ0n) is 16.4. The highest BCUT2D eigenvalue weighted by atomic mass is 32.2. The summed E-state index contributed by atoms with van der Waals surface area (Å²) >= 11 is 6.75. The molecule has 1 aromatic heterocycles. The minimum Gasteiger partial charge on any atom is -0.358 e. The van der Waals surface area contributed by atoms with Gasteiger partial charge in [0.2, 0.25) is 5.91 Å². The van der Waals surface area contributed by atoms with Crippen LogP contribution in [0.2, 0.25) is 0 Å². The number of hydrogen-bond donors (Lipinski definition) is 1. The molecule has 1 heterocycles. The van der Waals surface area contributed by atoms with Crippen LogP contribution < -0.4 is 10.9 Å². The molecule has 27 heavy (non-hydrogen) atoms. The molecule has 0 aliphatic carbocycles. The highest BCUT2D eigenvalue weighted by Crippen LogP contribution is 2.19. The summed E-state index contributed by atoms with van der Waals surface area (Å²) in [7, 11) is 1.80. The lowest BCUT2D eigenvalue weighted by Crippen LogP contribution is -2.32. The van der Waals surface area contributed by atoms with Crippen molar-refractivity contribution in [3.63, 3.8) is 0 Å². The zero-order valence-corrected chi connectivity index (χ0v) is 18.0. The molecule has 0 fully saturated rings. The Morgan fingerprint density at radius 1 is 1.26 bits per heavy atom. The standard InChI is InChI=1S/C19H26N4O2S2/c1-6-22(7-2)19(26)27-14(4)17(24)20-16-13(3)21(5)23(18(16)25)15-11-9-8-10-12-15/h8-12,14H,6-7H2,1-5H3,(H,20,24)/t14-/m0/s1. The maximum absolute atomic E-state index is 12.9. The molecular formula is C19H26N4O2S2. The van der Waals surface area contributed by atoms with Gasteiger partial charge in [0.25, 0.3) is 5.56 Å². The average molecular weight is 407 g/mol. The minimum atomic E-state index is -0.401. The van der Waals surface area contributed by atoms with Crippen molar-refractivity contribution in [3.05, 3.63) is 46.4 Å². The molecule has 8 heteroatoms. The van der Waals surface area contributed by atoms with Gasteiger partial charge in [0, 0.05) is 20.1 Å². The van der Waals surface area contributed by atoms with Gasteiger partial charge in [-0.2, -0.15) is 0 Å². The van der Waals surface area contributed by atoms with E-state index >= 15 is 0 Å². The number of anilines is 1. The van der Waals surface area contributed by atoms with E-state index in [1.54, 1.807) is 23.3 Å². The van der Waals surface area contributed by atoms with E-state index in [-0.39, 0.29) is 11.5 Å². The van der Waals surface area contributed by atoms with Crippen LogP contribution in [0.15, 0.2) is 35.1 Å². The molecule has 0 aliphatic heterocycles. The molecule has 1 N–H and O–H groups in total. The van der Waals surface area contributed by atoms with Gasteiger partial charge in [-0.25, -0.2) is 4.68 Å². The van der Waals surface area contributed by atoms with E-state index in [2.05, 4.69) is 5.32 Å². The second kappa shape index (κ2) is 9.23. The third kappa shape index (κ3) is 4.62. The Kier molecular flexibility index (Phi) is 7.26. The molecule has 146 valence electrons. The molecule has 0 saturated heterocycles. The fourth-order valence-electron chi connectivity index (χ4n) is 2.70. The SMILES string of the molecule is CCN(CC)C(=S)S[C@@H](C)C(=O)Nc1c(C)n(C)n(-c2ccccc2)c1=O. The minimum absolute atomic E-state index is 0.236. The number of thioether (sulfide) groups is 1. The fraction of sp³-hybridized carbons (Fsp3) is 0.421. The normalized spacial score (nSPS) is 11.9. The Morgan fingerprint density at radius 3 is 2.41 bits per heavy atom. The van der Waals surface area contributed by atoms with Crippen LogP contribution in [-0.4, -0.2) is 42.8 Å². The highest BCUT2D eigenvalue weighted by molar-refractivity contribution is 8.23. The molecule has 0 aliphatic rings. The van der Waals surface area contributed by atoms with Crippen LogP contribution >= 0.6 is 24.0 Å². The second-order valence-corrected chi connectivity index (χ2v) is 8.10. The molecule has 1 atom stereocenters. The van der Waals surface area contributed by atoms with Crippen LogP contribution in [0.25, 0.3) is 5.69 Å². The van der Waals surface area contributed by atoms with E-state index in [1.165, 1.54) is 11.8 Å². The number of aromatic nitrogens is 2. The summed E-state index contributed by atoms with van der Waals surface area (Å²) in [5.74, 6) is -0.236. The van der Waals surface area contributed by atoms with Crippen molar-refractivity contribution in [2.45, 2.75) is 32.9 Å². The summed E-state index contributed by atoms with van der Waals surface area (Å²) in [6.45, 7) is 9.27. The third-order valence-electron chi connectivity index (χ3n) is 4.47. The van der Waals surface area contributed by atoms with Crippen molar-refractivity contribution >= 4 is 39.9 Å². The zero-order chi connectivity index (χ0) is 20.1. The molecule has 6 nitrogen and oxygen atoms in total. The van der Waals surface area contributed by atoms with Crippen LogP contribution in [0, 0.1) is 6.92 Å². The van der Waals surface area contributed by atoms with E-state index in [9.17, 15) is 9.59 Å². The summed E-state index contributed by atoms with van der Waals surface area (Å²) in [5.41, 5.74) is 1.49. The number of thiocarbonyl (C=S) groups is 1. The van der Waals surface area contributed by atoms with E-state index in [1.807, 2.05) is 56.0 Å². The van der Waals surface area contributed by atoms with Gasteiger partial charge in [-0.15, -0.1) is 0 Å². The van der Waals surface area contributed by atoms with Gasteiger partial charge in [0.1, 0.15) is 10.0 Å². The summed E-state index contributed by atoms with van der Waals surface area (Å²) in [5, 5.41) is 2.40. The topological polar surface area (TPSA) is 59.3 Å². The van der Waals surface area contributed by atoms with Crippen LogP contribution in [0.5, 0.6) is 0 Å². The van der Waals surface area contributed by atoms with E-state index < -0.39 is 5.25 Å². The molecule has 0 bridgehead atoms. The second-order valence-electron chi connectivity index (χ2n) is 6.12. The van der Waals surface area contributed by atoms with Crippen molar-refractivity contribution in [1.82, 2.24) is 14.3 Å². The average Bonchev–Trinajstić information content (AvgIpc) is 2.86. The lowest BCUT2D eigenvalue weighted by Gasteiger charge is -2.22. The van der Waals surface area contributed by atoms with Crippen LogP contribution in [0.3, 0.4) is 0 Å². The third-order valence-corrected chi connectivity index (χ3v) is 6.05. The number of nitrogens with one attached hydrogen (secondary N) is 1. The Hall–Kier alpha value is -2.06. The van der Waals surface area contributed by atoms with Crippen LogP contribution in [0.4, 0.5) is 5.69 Å². The van der Waals surface area contributed by atoms with Gasteiger partial charge in [0.15, 0.2) is 0 Å².